The molecular formula is C18H18ClNO. The van der Waals surface area contributed by atoms with Gasteiger partial charge in [0, 0.05) is 22.0 Å². The fraction of sp³-hybridized carbons (Fsp3) is 0.222. The van der Waals surface area contributed by atoms with E-state index in [1.54, 1.807) is 0 Å². The summed E-state index contributed by atoms with van der Waals surface area (Å²) in [4.78, 5) is 0. The van der Waals surface area contributed by atoms with E-state index in [4.69, 9.17) is 16.0 Å². The first-order valence-electron chi connectivity index (χ1n) is 7.20. The van der Waals surface area contributed by atoms with Gasteiger partial charge in [0.15, 0.2) is 0 Å². The maximum absolute atomic E-state index is 6.01. The van der Waals surface area contributed by atoms with Crippen LogP contribution in [0.2, 0.25) is 5.02 Å². The molecular weight excluding hydrogens is 282 g/mol. The summed E-state index contributed by atoms with van der Waals surface area (Å²) in [5.41, 5.74) is 3.22. The van der Waals surface area contributed by atoms with Gasteiger partial charge in [0.2, 0.25) is 0 Å². The predicted molar refractivity (Wildman–Crippen MR) is 88.8 cm³/mol. The number of hydrogen-bond donors (Lipinski definition) is 1. The molecule has 1 atom stereocenters. The Balaban J connectivity index is 1.91. The van der Waals surface area contributed by atoms with E-state index in [1.165, 1.54) is 5.56 Å². The van der Waals surface area contributed by atoms with E-state index in [2.05, 4.69) is 43.4 Å². The van der Waals surface area contributed by atoms with Gasteiger partial charge >= 0.3 is 0 Å². The lowest BCUT2D eigenvalue weighted by molar-refractivity contribution is 0.598. The smallest absolute Gasteiger partial charge is 0.135 e. The molecule has 3 aromatic rings. The minimum atomic E-state index is 0.360. The van der Waals surface area contributed by atoms with Gasteiger partial charge in [0.05, 0.1) is 0 Å². The highest BCUT2D eigenvalue weighted by molar-refractivity contribution is 6.31. The zero-order valence-corrected chi connectivity index (χ0v) is 12.9. The highest BCUT2D eigenvalue weighted by Crippen LogP contribution is 2.30. The summed E-state index contributed by atoms with van der Waals surface area (Å²) in [7, 11) is 0. The van der Waals surface area contributed by atoms with Gasteiger partial charge in [-0.2, -0.15) is 0 Å². The van der Waals surface area contributed by atoms with Crippen LogP contribution in [-0.4, -0.2) is 6.54 Å². The molecule has 0 radical (unpaired) electrons. The normalized spacial score (nSPS) is 12.7. The molecule has 0 saturated carbocycles. The summed E-state index contributed by atoms with van der Waals surface area (Å²) in [6, 6.07) is 16.5. The van der Waals surface area contributed by atoms with Crippen molar-refractivity contribution in [1.82, 2.24) is 5.32 Å². The Hall–Kier alpha value is -1.77. The third-order valence-corrected chi connectivity index (χ3v) is 3.92. The van der Waals surface area contributed by atoms with Crippen molar-refractivity contribution in [2.24, 2.45) is 0 Å². The Bertz CT molecular complexity index is 746. The minimum Gasteiger partial charge on any atom is -0.456 e. The molecule has 3 heteroatoms. The Morgan fingerprint density at radius 2 is 1.86 bits per heavy atom. The van der Waals surface area contributed by atoms with Crippen LogP contribution in [0.4, 0.5) is 0 Å². The monoisotopic (exact) mass is 299 g/mol. The second-order valence-electron chi connectivity index (χ2n) is 5.19. The molecule has 0 aliphatic rings. The second-order valence-corrected chi connectivity index (χ2v) is 5.63. The van der Waals surface area contributed by atoms with Gasteiger partial charge in [-0.05, 0) is 43.3 Å². The third kappa shape index (κ3) is 2.97. The van der Waals surface area contributed by atoms with Crippen molar-refractivity contribution in [3.8, 4) is 11.3 Å². The summed E-state index contributed by atoms with van der Waals surface area (Å²) >= 11 is 6.01. The van der Waals surface area contributed by atoms with Gasteiger partial charge in [0.25, 0.3) is 0 Å². The van der Waals surface area contributed by atoms with E-state index in [-0.39, 0.29) is 0 Å². The lowest BCUT2D eigenvalue weighted by Gasteiger charge is -2.12. The van der Waals surface area contributed by atoms with E-state index < -0.39 is 0 Å². The zero-order chi connectivity index (χ0) is 14.8. The Morgan fingerprint density at radius 3 is 2.57 bits per heavy atom. The van der Waals surface area contributed by atoms with Crippen LogP contribution in [-0.2, 0) is 0 Å². The summed E-state index contributed by atoms with van der Waals surface area (Å²) < 4.78 is 5.88. The van der Waals surface area contributed by atoms with E-state index in [0.29, 0.717) is 6.04 Å². The average molecular weight is 300 g/mol. The fourth-order valence-electron chi connectivity index (χ4n) is 2.52. The van der Waals surface area contributed by atoms with Crippen LogP contribution in [0, 0.1) is 0 Å². The Labute approximate surface area is 129 Å². The van der Waals surface area contributed by atoms with Crippen LogP contribution in [0.15, 0.2) is 52.9 Å². The van der Waals surface area contributed by atoms with Crippen molar-refractivity contribution >= 4 is 22.6 Å². The molecule has 2 nitrogen and oxygen atoms in total. The second kappa shape index (κ2) is 5.92. The molecule has 1 N–H and O–H groups in total. The van der Waals surface area contributed by atoms with E-state index in [0.717, 1.165) is 33.9 Å². The number of hydrogen-bond acceptors (Lipinski definition) is 2. The molecule has 0 saturated heterocycles. The topological polar surface area (TPSA) is 25.2 Å². The van der Waals surface area contributed by atoms with Gasteiger partial charge in [-0.25, -0.2) is 0 Å². The summed E-state index contributed by atoms with van der Waals surface area (Å²) in [6.45, 7) is 5.25. The first kappa shape index (κ1) is 14.2. The molecule has 1 heterocycles. The van der Waals surface area contributed by atoms with E-state index in [9.17, 15) is 0 Å². The molecule has 0 amide bonds. The molecule has 2 aromatic carbocycles. The zero-order valence-electron chi connectivity index (χ0n) is 12.2. The fourth-order valence-corrected chi connectivity index (χ4v) is 2.70. The molecule has 0 bridgehead atoms. The number of fused-ring (bicyclic) bond motifs is 1. The summed E-state index contributed by atoms with van der Waals surface area (Å²) in [5, 5.41) is 5.17. The average Bonchev–Trinajstić information content (AvgIpc) is 2.90. The van der Waals surface area contributed by atoms with E-state index in [1.807, 2.05) is 24.3 Å². The maximum atomic E-state index is 6.01. The summed E-state index contributed by atoms with van der Waals surface area (Å²) in [6.07, 6.45) is 0. The first-order chi connectivity index (χ1) is 10.2. The van der Waals surface area contributed by atoms with Gasteiger partial charge in [-0.3, -0.25) is 0 Å². The Kier molecular flexibility index (Phi) is 4.00. The van der Waals surface area contributed by atoms with Crippen LogP contribution < -0.4 is 5.32 Å². The molecule has 0 aliphatic heterocycles. The van der Waals surface area contributed by atoms with Crippen molar-refractivity contribution in [2.45, 2.75) is 19.9 Å². The van der Waals surface area contributed by atoms with Crippen LogP contribution >= 0.6 is 11.6 Å². The third-order valence-electron chi connectivity index (χ3n) is 3.68. The lowest BCUT2D eigenvalue weighted by Crippen LogP contribution is -2.17. The number of furan rings is 1. The van der Waals surface area contributed by atoms with Crippen LogP contribution in [0.25, 0.3) is 22.3 Å². The van der Waals surface area contributed by atoms with Crippen molar-refractivity contribution in [3.63, 3.8) is 0 Å². The predicted octanol–water partition coefficient (Wildman–Crippen LogP) is 5.42. The Morgan fingerprint density at radius 1 is 1.10 bits per heavy atom. The van der Waals surface area contributed by atoms with Crippen molar-refractivity contribution in [2.75, 3.05) is 6.54 Å². The summed E-state index contributed by atoms with van der Waals surface area (Å²) in [5.74, 6) is 0.870. The van der Waals surface area contributed by atoms with Crippen LogP contribution in [0.1, 0.15) is 25.5 Å². The molecule has 1 unspecified atom stereocenters. The number of benzene rings is 2. The molecule has 21 heavy (non-hydrogen) atoms. The minimum absolute atomic E-state index is 0.360. The number of halogens is 1. The quantitative estimate of drug-likeness (QED) is 0.695. The standard InChI is InChI=1S/C18H18ClNO/c1-3-20-12(2)13-4-6-14(7-5-13)18-11-15-10-16(19)8-9-17(15)21-18/h4-12,20H,3H2,1-2H3. The first-order valence-corrected chi connectivity index (χ1v) is 7.58. The van der Waals surface area contributed by atoms with Crippen molar-refractivity contribution < 1.29 is 4.42 Å². The maximum Gasteiger partial charge on any atom is 0.135 e. The molecule has 0 fully saturated rings. The van der Waals surface area contributed by atoms with E-state index >= 15 is 0 Å². The number of rotatable bonds is 4. The van der Waals surface area contributed by atoms with Gasteiger partial charge in [-0.1, -0.05) is 42.8 Å². The van der Waals surface area contributed by atoms with Gasteiger partial charge in [0.1, 0.15) is 11.3 Å². The molecule has 1 aromatic heterocycles. The van der Waals surface area contributed by atoms with Gasteiger partial charge in [-0.15, -0.1) is 0 Å². The van der Waals surface area contributed by atoms with Gasteiger partial charge < -0.3 is 9.73 Å². The highest BCUT2D eigenvalue weighted by Gasteiger charge is 2.08. The molecule has 0 spiro atoms. The van der Waals surface area contributed by atoms with Crippen LogP contribution in [0.3, 0.4) is 0 Å². The lowest BCUT2D eigenvalue weighted by atomic mass is 10.0. The molecule has 108 valence electrons. The van der Waals surface area contributed by atoms with Crippen molar-refractivity contribution in [1.29, 1.82) is 0 Å². The molecule has 3 rings (SSSR count). The SMILES string of the molecule is CCNC(C)c1ccc(-c2cc3cc(Cl)ccc3o2)cc1. The van der Waals surface area contributed by atoms with Crippen LogP contribution in [0.5, 0.6) is 0 Å². The number of nitrogens with one attached hydrogen (secondary N) is 1. The highest BCUT2D eigenvalue weighted by atomic mass is 35.5. The van der Waals surface area contributed by atoms with Crippen molar-refractivity contribution in [3.05, 3.63) is 59.1 Å². The largest absolute Gasteiger partial charge is 0.456 e. The molecule has 0 aliphatic carbocycles.